The van der Waals surface area contributed by atoms with Gasteiger partial charge in [-0.2, -0.15) is 0 Å². The third kappa shape index (κ3) is 2.13. The molecule has 0 atom stereocenters. The van der Waals surface area contributed by atoms with Crippen LogP contribution in [0.5, 0.6) is 0 Å². The number of carbonyl (C=O) groups excluding carboxylic acids is 1. The highest BCUT2D eigenvalue weighted by Crippen LogP contribution is 2.46. The minimum atomic E-state index is -1.18. The highest BCUT2D eigenvalue weighted by molar-refractivity contribution is 6.04. The van der Waals surface area contributed by atoms with Gasteiger partial charge in [0.05, 0.1) is 12.2 Å². The van der Waals surface area contributed by atoms with E-state index < -0.39 is 17.3 Å². The van der Waals surface area contributed by atoms with Gasteiger partial charge in [0.25, 0.3) is 0 Å². The van der Waals surface area contributed by atoms with Crippen molar-refractivity contribution in [3.63, 3.8) is 0 Å². The van der Waals surface area contributed by atoms with Crippen LogP contribution >= 0.6 is 0 Å². The van der Waals surface area contributed by atoms with Crippen molar-refractivity contribution >= 4 is 11.9 Å². The molecule has 1 saturated carbocycles. The molecule has 0 bridgehead atoms. The number of hydrogen-bond donors (Lipinski definition) is 2. The van der Waals surface area contributed by atoms with Gasteiger partial charge in [-0.25, -0.2) is 0 Å². The molecule has 1 amide bonds. The van der Waals surface area contributed by atoms with Crippen molar-refractivity contribution in [3.8, 4) is 0 Å². The average molecular weight is 234 g/mol. The van der Waals surface area contributed by atoms with E-state index in [0.717, 1.165) is 11.3 Å². The molecule has 0 aromatic carbocycles. The van der Waals surface area contributed by atoms with Crippen molar-refractivity contribution < 1.29 is 14.7 Å². The fourth-order valence-corrected chi connectivity index (χ4v) is 1.70. The van der Waals surface area contributed by atoms with Crippen LogP contribution in [0, 0.1) is 12.3 Å². The number of rotatable bonds is 4. The summed E-state index contributed by atoms with van der Waals surface area (Å²) in [6, 6.07) is 3.72. The second-order valence-electron chi connectivity index (χ2n) is 4.34. The lowest BCUT2D eigenvalue weighted by Gasteiger charge is -2.11. The first kappa shape index (κ1) is 11.6. The summed E-state index contributed by atoms with van der Waals surface area (Å²) in [6.07, 6.45) is 2.50. The summed E-state index contributed by atoms with van der Waals surface area (Å²) in [5.41, 5.74) is 0.567. The third-order valence-corrected chi connectivity index (χ3v) is 3.13. The van der Waals surface area contributed by atoms with Gasteiger partial charge in [0, 0.05) is 6.20 Å². The van der Waals surface area contributed by atoms with E-state index in [-0.39, 0.29) is 6.54 Å². The van der Waals surface area contributed by atoms with Gasteiger partial charge in [-0.3, -0.25) is 14.6 Å². The maximum atomic E-state index is 11.7. The third-order valence-electron chi connectivity index (χ3n) is 3.13. The molecule has 0 aliphatic heterocycles. The van der Waals surface area contributed by atoms with Gasteiger partial charge in [0.2, 0.25) is 5.91 Å². The molecule has 0 spiro atoms. The maximum Gasteiger partial charge on any atom is 0.319 e. The smallest absolute Gasteiger partial charge is 0.319 e. The van der Waals surface area contributed by atoms with Gasteiger partial charge in [-0.15, -0.1) is 0 Å². The molecular weight excluding hydrogens is 220 g/mol. The highest BCUT2D eigenvalue weighted by atomic mass is 16.4. The summed E-state index contributed by atoms with van der Waals surface area (Å²) < 4.78 is 0. The van der Waals surface area contributed by atoms with Gasteiger partial charge in [-0.05, 0) is 31.4 Å². The minimum Gasteiger partial charge on any atom is -0.480 e. The number of aryl methyl sites for hydroxylation is 1. The Kier molecular flexibility index (Phi) is 2.83. The fraction of sp³-hybridized carbons (Fsp3) is 0.417. The zero-order valence-corrected chi connectivity index (χ0v) is 9.56. The van der Waals surface area contributed by atoms with Crippen LogP contribution in [0.4, 0.5) is 0 Å². The molecule has 0 saturated heterocycles. The van der Waals surface area contributed by atoms with Crippen molar-refractivity contribution in [3.05, 3.63) is 29.6 Å². The fourth-order valence-electron chi connectivity index (χ4n) is 1.70. The van der Waals surface area contributed by atoms with Crippen LogP contribution in [0.3, 0.4) is 0 Å². The van der Waals surface area contributed by atoms with Crippen LogP contribution in [0.15, 0.2) is 18.3 Å². The van der Waals surface area contributed by atoms with Gasteiger partial charge in [0.15, 0.2) is 0 Å². The van der Waals surface area contributed by atoms with E-state index in [2.05, 4.69) is 10.3 Å². The first-order chi connectivity index (χ1) is 8.06. The molecule has 1 heterocycles. The number of amides is 1. The van der Waals surface area contributed by atoms with Crippen molar-refractivity contribution in [2.75, 3.05) is 0 Å². The number of hydrogen-bond acceptors (Lipinski definition) is 3. The number of aliphatic carboxylic acids is 1. The molecule has 1 aliphatic rings. The number of nitrogens with one attached hydrogen (secondary N) is 1. The summed E-state index contributed by atoms with van der Waals surface area (Å²) in [6.45, 7) is 2.18. The number of pyridine rings is 1. The topological polar surface area (TPSA) is 79.3 Å². The van der Waals surface area contributed by atoms with E-state index in [1.54, 1.807) is 6.20 Å². The lowest BCUT2D eigenvalue weighted by atomic mass is 10.1. The summed E-state index contributed by atoms with van der Waals surface area (Å²) in [4.78, 5) is 26.8. The van der Waals surface area contributed by atoms with Crippen LogP contribution in [0.25, 0.3) is 0 Å². The standard InChI is InChI=1S/C12H14N2O3/c1-8-3-2-6-13-9(8)7-14-10(15)12(4-5-12)11(16)17/h2-3,6H,4-5,7H2,1H3,(H,14,15)(H,16,17). The Morgan fingerprint density at radius 1 is 1.53 bits per heavy atom. The molecule has 2 rings (SSSR count). The SMILES string of the molecule is Cc1cccnc1CNC(=O)C1(C(=O)O)CC1. The lowest BCUT2D eigenvalue weighted by molar-refractivity contribution is -0.149. The second-order valence-corrected chi connectivity index (χ2v) is 4.34. The number of carboxylic acid groups (broad SMARTS) is 1. The largest absolute Gasteiger partial charge is 0.480 e. The van der Waals surface area contributed by atoms with Crippen LogP contribution in [-0.4, -0.2) is 22.0 Å². The van der Waals surface area contributed by atoms with E-state index in [4.69, 9.17) is 5.11 Å². The predicted octanol–water partition coefficient (Wildman–Crippen LogP) is 0.871. The van der Waals surface area contributed by atoms with E-state index in [1.807, 2.05) is 19.1 Å². The van der Waals surface area contributed by atoms with Crippen molar-refractivity contribution in [2.45, 2.75) is 26.3 Å². The minimum absolute atomic E-state index is 0.278. The molecule has 0 unspecified atom stereocenters. The Morgan fingerprint density at radius 3 is 2.76 bits per heavy atom. The Labute approximate surface area is 98.9 Å². The summed E-state index contributed by atoms with van der Waals surface area (Å²) in [7, 11) is 0. The lowest BCUT2D eigenvalue weighted by Crippen LogP contribution is -2.36. The maximum absolute atomic E-state index is 11.7. The molecule has 1 aromatic rings. The Balaban J connectivity index is 1.98. The van der Waals surface area contributed by atoms with Gasteiger partial charge in [0.1, 0.15) is 5.41 Å². The molecule has 1 aromatic heterocycles. The zero-order valence-electron chi connectivity index (χ0n) is 9.56. The quantitative estimate of drug-likeness (QED) is 0.758. The van der Waals surface area contributed by atoms with Gasteiger partial charge >= 0.3 is 5.97 Å². The molecule has 90 valence electrons. The van der Waals surface area contributed by atoms with Crippen molar-refractivity contribution in [1.82, 2.24) is 10.3 Å². The summed E-state index contributed by atoms with van der Waals surface area (Å²) in [5, 5.41) is 11.6. The van der Waals surface area contributed by atoms with Crippen LogP contribution in [0.1, 0.15) is 24.1 Å². The normalized spacial score (nSPS) is 16.3. The Morgan fingerprint density at radius 2 is 2.24 bits per heavy atom. The summed E-state index contributed by atoms with van der Waals surface area (Å²) >= 11 is 0. The number of carboxylic acids is 1. The van der Waals surface area contributed by atoms with Crippen LogP contribution in [-0.2, 0) is 16.1 Å². The van der Waals surface area contributed by atoms with Gasteiger partial charge < -0.3 is 10.4 Å². The molecule has 17 heavy (non-hydrogen) atoms. The molecule has 0 radical (unpaired) electrons. The van der Waals surface area contributed by atoms with Crippen LogP contribution < -0.4 is 5.32 Å². The average Bonchev–Trinajstić information content (AvgIpc) is 3.08. The predicted molar refractivity (Wildman–Crippen MR) is 60.1 cm³/mol. The zero-order chi connectivity index (χ0) is 12.5. The van der Waals surface area contributed by atoms with E-state index >= 15 is 0 Å². The number of aromatic nitrogens is 1. The van der Waals surface area contributed by atoms with Gasteiger partial charge in [-0.1, -0.05) is 6.07 Å². The van der Waals surface area contributed by atoms with Crippen molar-refractivity contribution in [2.24, 2.45) is 5.41 Å². The monoisotopic (exact) mass is 234 g/mol. The summed E-state index contributed by atoms with van der Waals surface area (Å²) in [5.74, 6) is -1.44. The molecule has 1 aliphatic carbocycles. The first-order valence-corrected chi connectivity index (χ1v) is 5.48. The number of carbonyl (C=O) groups is 2. The molecule has 1 fully saturated rings. The van der Waals surface area contributed by atoms with E-state index in [9.17, 15) is 9.59 Å². The molecule has 5 nitrogen and oxygen atoms in total. The molecule has 2 N–H and O–H groups in total. The second kappa shape index (κ2) is 4.16. The Bertz CT molecular complexity index is 467. The van der Waals surface area contributed by atoms with Crippen LogP contribution in [0.2, 0.25) is 0 Å². The van der Waals surface area contributed by atoms with Crippen molar-refractivity contribution in [1.29, 1.82) is 0 Å². The molecule has 5 heteroatoms. The van der Waals surface area contributed by atoms with E-state index in [0.29, 0.717) is 12.8 Å². The highest BCUT2D eigenvalue weighted by Gasteiger charge is 2.56. The number of nitrogens with zero attached hydrogens (tertiary/aromatic N) is 1. The molecular formula is C12H14N2O3. The first-order valence-electron chi connectivity index (χ1n) is 5.48. The Hall–Kier alpha value is -1.91. The van der Waals surface area contributed by atoms with E-state index in [1.165, 1.54) is 0 Å².